The summed E-state index contributed by atoms with van der Waals surface area (Å²) in [6, 6.07) is 9.55. The van der Waals surface area contributed by atoms with Crippen LogP contribution >= 0.6 is 56.8 Å². The van der Waals surface area contributed by atoms with E-state index in [0.717, 1.165) is 26.1 Å². The van der Waals surface area contributed by atoms with E-state index in [9.17, 15) is 9.90 Å². The van der Waals surface area contributed by atoms with E-state index in [1.165, 1.54) is 0 Å². The van der Waals surface area contributed by atoms with Gasteiger partial charge in [0.15, 0.2) is 5.78 Å². The molecule has 1 N–H and O–H groups in total. The van der Waals surface area contributed by atoms with Crippen LogP contribution in [0.5, 0.6) is 5.75 Å². The third-order valence-corrected chi connectivity index (χ3v) is 5.18. The van der Waals surface area contributed by atoms with Gasteiger partial charge in [-0.25, -0.2) is 0 Å². The van der Waals surface area contributed by atoms with E-state index >= 15 is 0 Å². The largest absolute Gasteiger partial charge is 0.506 e. The molecule has 2 aromatic carbocycles. The van der Waals surface area contributed by atoms with Crippen molar-refractivity contribution in [1.82, 2.24) is 0 Å². The van der Waals surface area contributed by atoms with E-state index < -0.39 is 0 Å². The molecule has 0 aliphatic carbocycles. The number of halogens is 3. The first-order valence-electron chi connectivity index (χ1n) is 6.84. The molecule has 0 amide bonds. The summed E-state index contributed by atoms with van der Waals surface area (Å²) in [5.41, 5.74) is 2.59. The van der Waals surface area contributed by atoms with Gasteiger partial charge in [-0.15, -0.1) is 0 Å². The van der Waals surface area contributed by atoms with Crippen molar-refractivity contribution in [3.63, 3.8) is 0 Å². The van der Waals surface area contributed by atoms with Crippen LogP contribution in [-0.4, -0.2) is 10.9 Å². The summed E-state index contributed by atoms with van der Waals surface area (Å²) < 4.78 is 1.65. The van der Waals surface area contributed by atoms with Gasteiger partial charge in [0.1, 0.15) is 5.75 Å². The van der Waals surface area contributed by atoms with E-state index in [1.807, 2.05) is 53.8 Å². The molecule has 0 saturated heterocycles. The van der Waals surface area contributed by atoms with Gasteiger partial charge in [0.25, 0.3) is 0 Å². The number of hydrogen-bond donors (Lipinski definition) is 1. The molecule has 0 aliphatic heterocycles. The number of phenolic OH excluding ortho intramolecular Hbond substituents is 1. The number of Topliss-reactive ketones (excluding diaryl/α,β-unsaturated/α-hetero) is 1. The second kappa shape index (κ2) is 7.97. The van der Waals surface area contributed by atoms with Crippen LogP contribution in [0.4, 0.5) is 0 Å². The van der Waals surface area contributed by atoms with Gasteiger partial charge in [0.2, 0.25) is 0 Å². The van der Waals surface area contributed by atoms with E-state index in [4.69, 9.17) is 11.6 Å². The van der Waals surface area contributed by atoms with Crippen molar-refractivity contribution in [1.29, 1.82) is 0 Å². The van der Waals surface area contributed by atoms with Crippen molar-refractivity contribution in [2.24, 2.45) is 0 Å². The standard InChI is InChI=1S/C17H15ClI2O2/c1-10-5-6-11(14(18)7-10)3-2-4-16(21)13-8-12(19)9-15(20)17(13)22/h5-9,22H,2-4H2,1H3. The molecule has 22 heavy (non-hydrogen) atoms. The zero-order chi connectivity index (χ0) is 16.3. The first kappa shape index (κ1) is 18.0. The summed E-state index contributed by atoms with van der Waals surface area (Å²) in [5.74, 6) is 0.0524. The second-order valence-electron chi connectivity index (χ2n) is 5.16. The third-order valence-electron chi connectivity index (χ3n) is 3.39. The Kier molecular flexibility index (Phi) is 6.52. The minimum atomic E-state index is -0.0304. The highest BCUT2D eigenvalue weighted by molar-refractivity contribution is 14.1. The summed E-state index contributed by atoms with van der Waals surface area (Å²) in [5, 5.41) is 10.8. The molecule has 2 nitrogen and oxygen atoms in total. The first-order valence-corrected chi connectivity index (χ1v) is 9.38. The van der Waals surface area contributed by atoms with E-state index in [1.54, 1.807) is 6.07 Å². The summed E-state index contributed by atoms with van der Waals surface area (Å²) in [6.07, 6.45) is 1.86. The Morgan fingerprint density at radius 2 is 1.95 bits per heavy atom. The van der Waals surface area contributed by atoms with Crippen molar-refractivity contribution in [3.8, 4) is 5.75 Å². The van der Waals surface area contributed by atoms with Crippen LogP contribution in [0.25, 0.3) is 0 Å². The summed E-state index contributed by atoms with van der Waals surface area (Å²) in [6.45, 7) is 2.00. The molecule has 0 aliphatic rings. The SMILES string of the molecule is Cc1ccc(CCCC(=O)c2cc(I)cc(I)c2O)c(Cl)c1. The molecule has 0 unspecified atom stereocenters. The number of ketones is 1. The molecule has 0 bridgehead atoms. The Morgan fingerprint density at radius 3 is 2.64 bits per heavy atom. The maximum Gasteiger partial charge on any atom is 0.166 e. The lowest BCUT2D eigenvalue weighted by molar-refractivity contribution is 0.0977. The van der Waals surface area contributed by atoms with Gasteiger partial charge in [0.05, 0.1) is 9.13 Å². The van der Waals surface area contributed by atoms with Crippen molar-refractivity contribution in [2.75, 3.05) is 0 Å². The highest BCUT2D eigenvalue weighted by Gasteiger charge is 2.14. The number of carbonyl (C=O) groups excluding carboxylic acids is 1. The fourth-order valence-electron chi connectivity index (χ4n) is 2.21. The van der Waals surface area contributed by atoms with Gasteiger partial charge in [-0.2, -0.15) is 0 Å². The Balaban J connectivity index is 2.01. The Hall–Kier alpha value is -0.340. The van der Waals surface area contributed by atoms with Crippen LogP contribution in [-0.2, 0) is 6.42 Å². The maximum atomic E-state index is 12.3. The van der Waals surface area contributed by atoms with Gasteiger partial charge in [-0.05, 0) is 94.3 Å². The minimum absolute atomic E-state index is 0.0304. The average Bonchev–Trinajstić information content (AvgIpc) is 2.45. The molecular formula is C17H15ClI2O2. The molecule has 0 atom stereocenters. The van der Waals surface area contributed by atoms with Gasteiger partial charge in [-0.3, -0.25) is 4.79 Å². The van der Waals surface area contributed by atoms with Gasteiger partial charge in [0, 0.05) is 15.0 Å². The predicted molar refractivity (Wildman–Crippen MR) is 107 cm³/mol. The van der Waals surface area contributed by atoms with Crippen LogP contribution < -0.4 is 0 Å². The molecule has 116 valence electrons. The zero-order valence-electron chi connectivity index (χ0n) is 12.0. The molecule has 2 aromatic rings. The Bertz CT molecular complexity index is 714. The molecule has 0 spiro atoms. The molecule has 0 radical (unpaired) electrons. The van der Waals surface area contributed by atoms with E-state index in [0.29, 0.717) is 22.0 Å². The predicted octanol–water partition coefficient (Wildman–Crippen LogP) is 5.77. The van der Waals surface area contributed by atoms with Crippen molar-refractivity contribution in [3.05, 3.63) is 59.2 Å². The van der Waals surface area contributed by atoms with Crippen LogP contribution in [0.15, 0.2) is 30.3 Å². The lowest BCUT2D eigenvalue weighted by Gasteiger charge is -2.08. The highest BCUT2D eigenvalue weighted by Crippen LogP contribution is 2.28. The number of aromatic hydroxyl groups is 1. The lowest BCUT2D eigenvalue weighted by Crippen LogP contribution is -2.02. The smallest absolute Gasteiger partial charge is 0.166 e. The number of benzene rings is 2. The van der Waals surface area contributed by atoms with Crippen LogP contribution in [0.3, 0.4) is 0 Å². The average molecular weight is 541 g/mol. The molecular weight excluding hydrogens is 525 g/mol. The van der Waals surface area contributed by atoms with Gasteiger partial charge in [-0.1, -0.05) is 23.7 Å². The topological polar surface area (TPSA) is 37.3 Å². The molecule has 0 heterocycles. The number of aryl methyl sites for hydroxylation is 2. The number of carbonyl (C=O) groups is 1. The van der Waals surface area contributed by atoms with Crippen molar-refractivity contribution >= 4 is 62.6 Å². The van der Waals surface area contributed by atoms with Crippen LogP contribution in [0, 0.1) is 14.1 Å². The van der Waals surface area contributed by atoms with Crippen LogP contribution in [0.2, 0.25) is 5.02 Å². The van der Waals surface area contributed by atoms with Gasteiger partial charge < -0.3 is 5.11 Å². The monoisotopic (exact) mass is 540 g/mol. The fourth-order valence-corrected chi connectivity index (χ4v) is 4.38. The molecule has 2 rings (SSSR count). The molecule has 0 fully saturated rings. The van der Waals surface area contributed by atoms with E-state index in [2.05, 4.69) is 22.6 Å². The molecule has 0 saturated carbocycles. The number of rotatable bonds is 5. The van der Waals surface area contributed by atoms with E-state index in [-0.39, 0.29) is 11.5 Å². The zero-order valence-corrected chi connectivity index (χ0v) is 17.1. The quantitative estimate of drug-likeness (QED) is 0.386. The number of phenols is 1. The minimum Gasteiger partial charge on any atom is -0.506 e. The first-order chi connectivity index (χ1) is 10.4. The summed E-state index contributed by atoms with van der Waals surface area (Å²) >= 11 is 10.4. The Labute approximate surface area is 162 Å². The third kappa shape index (κ3) is 4.58. The summed E-state index contributed by atoms with van der Waals surface area (Å²) in [4.78, 5) is 12.3. The van der Waals surface area contributed by atoms with Crippen LogP contribution in [0.1, 0.15) is 34.3 Å². The Morgan fingerprint density at radius 1 is 1.23 bits per heavy atom. The number of hydrogen-bond acceptors (Lipinski definition) is 2. The second-order valence-corrected chi connectivity index (χ2v) is 7.97. The van der Waals surface area contributed by atoms with Gasteiger partial charge >= 0.3 is 0 Å². The van der Waals surface area contributed by atoms with Crippen molar-refractivity contribution in [2.45, 2.75) is 26.2 Å². The highest BCUT2D eigenvalue weighted by atomic mass is 127. The summed E-state index contributed by atoms with van der Waals surface area (Å²) in [7, 11) is 0. The maximum absolute atomic E-state index is 12.3. The fraction of sp³-hybridized carbons (Fsp3) is 0.235. The molecule has 0 aromatic heterocycles. The normalized spacial score (nSPS) is 10.7. The lowest BCUT2D eigenvalue weighted by atomic mass is 10.0. The van der Waals surface area contributed by atoms with Crippen molar-refractivity contribution < 1.29 is 9.90 Å². The molecule has 5 heteroatoms.